The SMILES string of the molecule is CB(O)CCCC[C@@]1(C(=O)O)CC[C@H](NC(=O)CN)C1. The van der Waals surface area contributed by atoms with E-state index in [0.717, 1.165) is 12.8 Å². The van der Waals surface area contributed by atoms with Crippen LogP contribution in [0.4, 0.5) is 0 Å². The number of hydrogen-bond acceptors (Lipinski definition) is 4. The monoisotopic (exact) mass is 284 g/mol. The Labute approximate surface area is 120 Å². The maximum atomic E-state index is 11.6. The Bertz CT molecular complexity index is 351. The number of nitrogens with one attached hydrogen (secondary N) is 1. The van der Waals surface area contributed by atoms with Crippen LogP contribution in [0.3, 0.4) is 0 Å². The molecule has 0 radical (unpaired) electrons. The molecule has 0 aromatic heterocycles. The minimum absolute atomic E-state index is 0.0645. The minimum Gasteiger partial charge on any atom is -0.481 e. The lowest BCUT2D eigenvalue weighted by molar-refractivity contribution is -0.149. The van der Waals surface area contributed by atoms with Gasteiger partial charge in [0.2, 0.25) is 5.91 Å². The molecule has 7 heteroatoms. The van der Waals surface area contributed by atoms with E-state index >= 15 is 0 Å². The van der Waals surface area contributed by atoms with Gasteiger partial charge in [0.15, 0.2) is 0 Å². The van der Waals surface area contributed by atoms with Crippen molar-refractivity contribution >= 4 is 18.8 Å². The lowest BCUT2D eigenvalue weighted by atomic mass is 9.66. The van der Waals surface area contributed by atoms with Crippen molar-refractivity contribution in [3.05, 3.63) is 0 Å². The predicted molar refractivity (Wildman–Crippen MR) is 77.4 cm³/mol. The Kier molecular flexibility index (Phi) is 6.49. The first-order valence-electron chi connectivity index (χ1n) is 7.30. The van der Waals surface area contributed by atoms with Crippen molar-refractivity contribution in [1.82, 2.24) is 5.32 Å². The third-order valence-electron chi connectivity index (χ3n) is 4.14. The lowest BCUT2D eigenvalue weighted by Crippen LogP contribution is -2.39. The smallest absolute Gasteiger partial charge is 0.309 e. The van der Waals surface area contributed by atoms with Crippen LogP contribution in [-0.4, -0.2) is 41.5 Å². The van der Waals surface area contributed by atoms with Crippen molar-refractivity contribution in [3.8, 4) is 0 Å². The molecule has 1 fully saturated rings. The Balaban J connectivity index is 2.48. The zero-order chi connectivity index (χ0) is 15.2. The molecule has 1 rings (SSSR count). The fourth-order valence-electron chi connectivity index (χ4n) is 2.97. The van der Waals surface area contributed by atoms with Gasteiger partial charge in [0.1, 0.15) is 0 Å². The minimum atomic E-state index is -0.779. The van der Waals surface area contributed by atoms with Gasteiger partial charge >= 0.3 is 5.97 Å². The van der Waals surface area contributed by atoms with E-state index < -0.39 is 11.4 Å². The number of rotatable bonds is 8. The van der Waals surface area contributed by atoms with E-state index in [1.807, 2.05) is 0 Å². The molecule has 0 unspecified atom stereocenters. The third-order valence-corrected chi connectivity index (χ3v) is 4.14. The molecule has 5 N–H and O–H groups in total. The lowest BCUT2D eigenvalue weighted by Gasteiger charge is -2.24. The van der Waals surface area contributed by atoms with Gasteiger partial charge in [-0.25, -0.2) is 0 Å². The van der Waals surface area contributed by atoms with Gasteiger partial charge in [-0.1, -0.05) is 19.7 Å². The van der Waals surface area contributed by atoms with Gasteiger partial charge in [-0.2, -0.15) is 0 Å². The number of nitrogens with two attached hydrogens (primary N) is 1. The fraction of sp³-hybridized carbons (Fsp3) is 0.846. The maximum Gasteiger partial charge on any atom is 0.309 e. The predicted octanol–water partition coefficient (Wildman–Crippen LogP) is 0.469. The number of amides is 1. The number of carbonyl (C=O) groups is 2. The summed E-state index contributed by atoms with van der Waals surface area (Å²) in [6.45, 7) is 1.34. The second-order valence-corrected chi connectivity index (χ2v) is 5.89. The highest BCUT2D eigenvalue weighted by Gasteiger charge is 2.45. The highest BCUT2D eigenvalue weighted by Crippen LogP contribution is 2.42. The van der Waals surface area contributed by atoms with Crippen LogP contribution in [0.1, 0.15) is 38.5 Å². The topological polar surface area (TPSA) is 113 Å². The molecular formula is C13H25BN2O4. The number of unbranched alkanes of at least 4 members (excludes halogenated alkanes) is 1. The molecule has 0 heterocycles. The van der Waals surface area contributed by atoms with Gasteiger partial charge in [-0.3, -0.25) is 9.59 Å². The highest BCUT2D eigenvalue weighted by molar-refractivity contribution is 6.48. The average molecular weight is 284 g/mol. The summed E-state index contributed by atoms with van der Waals surface area (Å²) in [4.78, 5) is 22.8. The molecule has 114 valence electrons. The van der Waals surface area contributed by atoms with Gasteiger partial charge in [0.25, 0.3) is 6.92 Å². The highest BCUT2D eigenvalue weighted by atomic mass is 16.4. The van der Waals surface area contributed by atoms with E-state index in [-0.39, 0.29) is 25.4 Å². The first-order valence-corrected chi connectivity index (χ1v) is 7.30. The second-order valence-electron chi connectivity index (χ2n) is 5.89. The van der Waals surface area contributed by atoms with E-state index in [1.54, 1.807) is 6.82 Å². The van der Waals surface area contributed by atoms with Crippen molar-refractivity contribution in [2.75, 3.05) is 6.54 Å². The maximum absolute atomic E-state index is 11.6. The Morgan fingerprint density at radius 2 is 2.15 bits per heavy atom. The number of carboxylic acid groups (broad SMARTS) is 1. The molecule has 6 nitrogen and oxygen atoms in total. The first-order chi connectivity index (χ1) is 9.39. The molecule has 0 saturated heterocycles. The van der Waals surface area contributed by atoms with Crippen LogP contribution < -0.4 is 11.1 Å². The number of aliphatic carboxylic acids is 1. The van der Waals surface area contributed by atoms with E-state index in [2.05, 4.69) is 5.32 Å². The summed E-state index contributed by atoms with van der Waals surface area (Å²) in [5.74, 6) is -1.01. The average Bonchev–Trinajstić information content (AvgIpc) is 2.79. The van der Waals surface area contributed by atoms with Gasteiger partial charge in [0.05, 0.1) is 12.0 Å². The van der Waals surface area contributed by atoms with Gasteiger partial charge in [0, 0.05) is 6.04 Å². The van der Waals surface area contributed by atoms with Crippen LogP contribution in [0.2, 0.25) is 13.1 Å². The Hall–Kier alpha value is -1.08. The number of carbonyl (C=O) groups excluding carboxylic acids is 1. The fourth-order valence-corrected chi connectivity index (χ4v) is 2.97. The first kappa shape index (κ1) is 17.0. The van der Waals surface area contributed by atoms with E-state index in [4.69, 9.17) is 5.73 Å². The summed E-state index contributed by atoms with van der Waals surface area (Å²) in [5.41, 5.74) is 4.52. The standard InChI is InChI=1S/C13H25BN2O4/c1-14(20)7-3-2-5-13(12(18)19)6-4-10(8-13)16-11(17)9-15/h10,20H,2-9,15H2,1H3,(H,16,17)(H,18,19)/t10-,13+/m0/s1. The van der Waals surface area contributed by atoms with Gasteiger partial charge in [-0.05, 0) is 32.0 Å². The molecule has 1 aliphatic carbocycles. The molecule has 0 aliphatic heterocycles. The van der Waals surface area contributed by atoms with Crippen LogP contribution in [0.5, 0.6) is 0 Å². The van der Waals surface area contributed by atoms with Crippen molar-refractivity contribution < 1.29 is 19.7 Å². The molecule has 1 saturated carbocycles. The van der Waals surface area contributed by atoms with Crippen LogP contribution >= 0.6 is 0 Å². The normalized spacial score (nSPS) is 25.4. The number of carboxylic acids is 1. The molecule has 0 spiro atoms. The summed E-state index contributed by atoms with van der Waals surface area (Å²) in [5, 5.41) is 21.5. The third kappa shape index (κ3) is 4.79. The molecular weight excluding hydrogens is 259 g/mol. The van der Waals surface area contributed by atoms with Crippen LogP contribution in [-0.2, 0) is 9.59 Å². The summed E-state index contributed by atoms with van der Waals surface area (Å²) >= 11 is 0. The largest absolute Gasteiger partial charge is 0.481 e. The summed E-state index contributed by atoms with van der Waals surface area (Å²) in [7, 11) is 0. The quantitative estimate of drug-likeness (QED) is 0.382. The van der Waals surface area contributed by atoms with Gasteiger partial charge in [-0.15, -0.1) is 0 Å². The molecule has 20 heavy (non-hydrogen) atoms. The molecule has 1 aliphatic rings. The molecule has 2 atom stereocenters. The van der Waals surface area contributed by atoms with Crippen LogP contribution in [0, 0.1) is 5.41 Å². The zero-order valence-corrected chi connectivity index (χ0v) is 12.1. The summed E-state index contributed by atoms with van der Waals surface area (Å²) < 4.78 is 0. The summed E-state index contributed by atoms with van der Waals surface area (Å²) in [6, 6.07) is -0.0843. The van der Waals surface area contributed by atoms with Crippen molar-refractivity contribution in [2.24, 2.45) is 11.1 Å². The van der Waals surface area contributed by atoms with Crippen LogP contribution in [0.25, 0.3) is 0 Å². The van der Waals surface area contributed by atoms with E-state index in [0.29, 0.717) is 32.0 Å². The molecule has 0 bridgehead atoms. The van der Waals surface area contributed by atoms with Gasteiger partial charge < -0.3 is 21.2 Å². The van der Waals surface area contributed by atoms with E-state index in [1.165, 1.54) is 0 Å². The zero-order valence-electron chi connectivity index (χ0n) is 12.1. The van der Waals surface area contributed by atoms with Crippen molar-refractivity contribution in [2.45, 2.75) is 57.7 Å². The summed E-state index contributed by atoms with van der Waals surface area (Å²) in [6.07, 6.45) is 4.66. The molecule has 0 aromatic carbocycles. The number of hydrogen-bond donors (Lipinski definition) is 4. The van der Waals surface area contributed by atoms with E-state index in [9.17, 15) is 19.7 Å². The van der Waals surface area contributed by atoms with Crippen molar-refractivity contribution in [3.63, 3.8) is 0 Å². The Morgan fingerprint density at radius 1 is 1.45 bits per heavy atom. The van der Waals surface area contributed by atoms with Crippen molar-refractivity contribution in [1.29, 1.82) is 0 Å². The molecule has 1 amide bonds. The second kappa shape index (κ2) is 7.64. The Morgan fingerprint density at radius 3 is 2.70 bits per heavy atom. The van der Waals surface area contributed by atoms with Crippen LogP contribution in [0.15, 0.2) is 0 Å². The molecule has 0 aromatic rings.